The van der Waals surface area contributed by atoms with Crippen LogP contribution in [0.5, 0.6) is 0 Å². The molecule has 1 aliphatic carbocycles. The summed E-state index contributed by atoms with van der Waals surface area (Å²) in [4.78, 5) is 11.7. The second-order valence-corrected chi connectivity index (χ2v) is 5.21. The molecule has 0 aliphatic heterocycles. The van der Waals surface area contributed by atoms with Crippen LogP contribution in [0.4, 0.5) is 8.78 Å². The van der Waals surface area contributed by atoms with E-state index in [9.17, 15) is 13.6 Å². The summed E-state index contributed by atoms with van der Waals surface area (Å²) in [6.45, 7) is 0. The number of rotatable bonds is 2. The van der Waals surface area contributed by atoms with Crippen molar-refractivity contribution in [3.63, 3.8) is 0 Å². The third-order valence-electron chi connectivity index (χ3n) is 3.07. The molecule has 5 heteroatoms. The van der Waals surface area contributed by atoms with Crippen molar-refractivity contribution in [2.75, 3.05) is 7.11 Å². The zero-order valence-electron chi connectivity index (χ0n) is 9.17. The van der Waals surface area contributed by atoms with Crippen molar-refractivity contribution < 1.29 is 18.3 Å². The third kappa shape index (κ3) is 2.08. The summed E-state index contributed by atoms with van der Waals surface area (Å²) in [5.74, 6) is -3.38. The zero-order chi connectivity index (χ0) is 12.7. The van der Waals surface area contributed by atoms with E-state index in [1.165, 1.54) is 7.11 Å². The molecular formula is C12H11BrF2O2. The predicted octanol–water partition coefficient (Wildman–Crippen LogP) is 3.29. The fraction of sp³-hybridized carbons (Fsp3) is 0.417. The van der Waals surface area contributed by atoms with Crippen molar-refractivity contribution >= 4 is 21.9 Å². The van der Waals surface area contributed by atoms with Crippen LogP contribution in [0.15, 0.2) is 28.7 Å². The average molecular weight is 305 g/mol. The quantitative estimate of drug-likeness (QED) is 0.784. The largest absolute Gasteiger partial charge is 0.468 e. The number of alkyl halides is 2. The highest BCUT2D eigenvalue weighted by atomic mass is 79.9. The summed E-state index contributed by atoms with van der Waals surface area (Å²) < 4.78 is 31.6. The lowest BCUT2D eigenvalue weighted by atomic mass is 9.62. The van der Waals surface area contributed by atoms with Gasteiger partial charge in [0.25, 0.3) is 5.92 Å². The standard InChI is InChI=1S/C12H11BrF2O2/c1-17-10(16)11(6-12(14,15)7-11)8-3-2-4-9(13)5-8/h2-5H,6-7H2,1H3. The first-order valence-electron chi connectivity index (χ1n) is 5.12. The zero-order valence-corrected chi connectivity index (χ0v) is 10.8. The molecule has 0 unspecified atom stereocenters. The van der Waals surface area contributed by atoms with Gasteiger partial charge in [-0.2, -0.15) is 0 Å². The van der Waals surface area contributed by atoms with E-state index in [2.05, 4.69) is 20.7 Å². The van der Waals surface area contributed by atoms with Gasteiger partial charge >= 0.3 is 5.97 Å². The SMILES string of the molecule is COC(=O)C1(c2cccc(Br)c2)CC(F)(F)C1. The Morgan fingerprint density at radius 2 is 2.06 bits per heavy atom. The minimum atomic E-state index is -2.78. The van der Waals surface area contributed by atoms with Gasteiger partial charge in [-0.15, -0.1) is 0 Å². The summed E-state index contributed by atoms with van der Waals surface area (Å²) in [7, 11) is 1.22. The number of carbonyl (C=O) groups excluding carboxylic acids is 1. The fourth-order valence-electron chi connectivity index (χ4n) is 2.28. The van der Waals surface area contributed by atoms with E-state index in [0.717, 1.165) is 4.47 Å². The minimum absolute atomic E-state index is 0.483. The van der Waals surface area contributed by atoms with Gasteiger partial charge in [0.05, 0.1) is 7.11 Å². The highest BCUT2D eigenvalue weighted by Crippen LogP contribution is 2.54. The van der Waals surface area contributed by atoms with Crippen LogP contribution in [0.2, 0.25) is 0 Å². The van der Waals surface area contributed by atoms with Crippen LogP contribution in [0.1, 0.15) is 18.4 Å². The highest BCUT2D eigenvalue weighted by Gasteiger charge is 2.62. The van der Waals surface area contributed by atoms with E-state index < -0.39 is 30.1 Å². The number of carbonyl (C=O) groups is 1. The number of halogens is 3. The fourth-order valence-corrected chi connectivity index (χ4v) is 2.68. The molecule has 1 saturated carbocycles. The van der Waals surface area contributed by atoms with E-state index in [1.54, 1.807) is 24.3 Å². The first kappa shape index (κ1) is 12.5. The summed E-state index contributed by atoms with van der Waals surface area (Å²) in [6, 6.07) is 6.87. The van der Waals surface area contributed by atoms with Gasteiger partial charge in [-0.05, 0) is 17.7 Å². The smallest absolute Gasteiger partial charge is 0.316 e. The third-order valence-corrected chi connectivity index (χ3v) is 3.57. The van der Waals surface area contributed by atoms with Gasteiger partial charge in [0.15, 0.2) is 0 Å². The first-order chi connectivity index (χ1) is 7.89. The molecule has 0 amide bonds. The van der Waals surface area contributed by atoms with Crippen LogP contribution in [0.25, 0.3) is 0 Å². The lowest BCUT2D eigenvalue weighted by Gasteiger charge is -2.45. The normalized spacial score (nSPS) is 20.5. The molecule has 0 bridgehead atoms. The molecule has 1 aliphatic rings. The first-order valence-corrected chi connectivity index (χ1v) is 5.91. The monoisotopic (exact) mass is 304 g/mol. The van der Waals surface area contributed by atoms with Crippen molar-refractivity contribution in [3.8, 4) is 0 Å². The molecule has 0 heterocycles. The predicted molar refractivity (Wildman–Crippen MR) is 62.0 cm³/mol. The number of methoxy groups -OCH3 is 1. The van der Waals surface area contributed by atoms with Gasteiger partial charge in [-0.3, -0.25) is 4.79 Å². The van der Waals surface area contributed by atoms with Crippen molar-refractivity contribution in [1.82, 2.24) is 0 Å². The highest BCUT2D eigenvalue weighted by molar-refractivity contribution is 9.10. The van der Waals surface area contributed by atoms with Gasteiger partial charge in [-0.1, -0.05) is 28.1 Å². The van der Waals surface area contributed by atoms with Crippen LogP contribution in [-0.4, -0.2) is 19.0 Å². The van der Waals surface area contributed by atoms with E-state index in [1.807, 2.05) is 0 Å². The molecule has 1 fully saturated rings. The Morgan fingerprint density at radius 3 is 2.53 bits per heavy atom. The van der Waals surface area contributed by atoms with Crippen LogP contribution in [0, 0.1) is 0 Å². The van der Waals surface area contributed by atoms with Gasteiger partial charge in [-0.25, -0.2) is 8.78 Å². The lowest BCUT2D eigenvalue weighted by molar-refractivity contribution is -0.177. The van der Waals surface area contributed by atoms with Gasteiger partial charge in [0.1, 0.15) is 5.41 Å². The van der Waals surface area contributed by atoms with Gasteiger partial charge < -0.3 is 4.74 Å². The molecule has 0 N–H and O–H groups in total. The Hall–Kier alpha value is -0.970. The Kier molecular flexibility index (Phi) is 2.97. The summed E-state index contributed by atoms with van der Waals surface area (Å²) >= 11 is 3.27. The minimum Gasteiger partial charge on any atom is -0.468 e. The van der Waals surface area contributed by atoms with E-state index in [4.69, 9.17) is 0 Å². The molecule has 2 rings (SSSR count). The number of benzene rings is 1. The Morgan fingerprint density at radius 1 is 1.41 bits per heavy atom. The van der Waals surface area contributed by atoms with Crippen molar-refractivity contribution in [2.24, 2.45) is 0 Å². The van der Waals surface area contributed by atoms with Gasteiger partial charge in [0.2, 0.25) is 0 Å². The molecule has 0 atom stereocenters. The molecule has 0 aromatic heterocycles. The van der Waals surface area contributed by atoms with Crippen molar-refractivity contribution in [3.05, 3.63) is 34.3 Å². The molecule has 2 nitrogen and oxygen atoms in total. The molecular weight excluding hydrogens is 294 g/mol. The summed E-state index contributed by atoms with van der Waals surface area (Å²) in [5.41, 5.74) is -0.619. The molecule has 1 aromatic rings. The van der Waals surface area contributed by atoms with Crippen LogP contribution >= 0.6 is 15.9 Å². The Bertz CT molecular complexity index is 452. The van der Waals surface area contributed by atoms with Crippen LogP contribution in [0.3, 0.4) is 0 Å². The summed E-state index contributed by atoms with van der Waals surface area (Å²) in [5, 5.41) is 0. The molecule has 1 aromatic carbocycles. The summed E-state index contributed by atoms with van der Waals surface area (Å²) in [6.07, 6.45) is -0.966. The molecule has 17 heavy (non-hydrogen) atoms. The Balaban J connectivity index is 2.40. The second kappa shape index (κ2) is 4.05. The number of hydrogen-bond donors (Lipinski definition) is 0. The van der Waals surface area contributed by atoms with Crippen LogP contribution < -0.4 is 0 Å². The molecule has 0 radical (unpaired) electrons. The maximum absolute atomic E-state index is 13.1. The average Bonchev–Trinajstić information content (AvgIpc) is 2.24. The maximum Gasteiger partial charge on any atom is 0.316 e. The lowest BCUT2D eigenvalue weighted by Crippen LogP contribution is -2.54. The maximum atomic E-state index is 13.1. The number of ether oxygens (including phenoxy) is 1. The number of esters is 1. The molecule has 92 valence electrons. The van der Waals surface area contributed by atoms with E-state index >= 15 is 0 Å². The van der Waals surface area contributed by atoms with Crippen molar-refractivity contribution in [2.45, 2.75) is 24.2 Å². The molecule has 0 spiro atoms. The second-order valence-electron chi connectivity index (χ2n) is 4.29. The van der Waals surface area contributed by atoms with Crippen LogP contribution in [-0.2, 0) is 14.9 Å². The molecule has 0 saturated heterocycles. The number of hydrogen-bond acceptors (Lipinski definition) is 2. The van der Waals surface area contributed by atoms with Crippen molar-refractivity contribution in [1.29, 1.82) is 0 Å². The van der Waals surface area contributed by atoms with Gasteiger partial charge in [0, 0.05) is 17.3 Å². The van der Waals surface area contributed by atoms with E-state index in [-0.39, 0.29) is 0 Å². The Labute approximate surface area is 106 Å². The topological polar surface area (TPSA) is 26.3 Å². The van der Waals surface area contributed by atoms with E-state index in [0.29, 0.717) is 5.56 Å².